The maximum absolute atomic E-state index is 12.3. The molecule has 21 heavy (non-hydrogen) atoms. The topological polar surface area (TPSA) is 75.8 Å². The molecule has 0 aromatic heterocycles. The van der Waals surface area contributed by atoms with Crippen LogP contribution in [-0.2, 0) is 6.54 Å². The molecule has 2 aromatic rings. The summed E-state index contributed by atoms with van der Waals surface area (Å²) in [5.74, 6) is 0.510. The third-order valence-corrected chi connectivity index (χ3v) is 3.20. The van der Waals surface area contributed by atoms with Gasteiger partial charge in [-0.25, -0.2) is 0 Å². The van der Waals surface area contributed by atoms with Crippen molar-refractivity contribution in [3.8, 4) is 11.5 Å². The number of amides is 1. The van der Waals surface area contributed by atoms with Crippen molar-refractivity contribution in [3.05, 3.63) is 53.6 Å². The Morgan fingerprint density at radius 1 is 1.24 bits per heavy atom. The van der Waals surface area contributed by atoms with Gasteiger partial charge in [0.25, 0.3) is 5.91 Å². The number of nitrogens with zero attached hydrogens (tertiary/aromatic N) is 1. The summed E-state index contributed by atoms with van der Waals surface area (Å²) >= 11 is 0. The van der Waals surface area contributed by atoms with Crippen LogP contribution in [0.1, 0.15) is 15.9 Å². The Morgan fingerprint density at radius 3 is 2.48 bits per heavy atom. The Morgan fingerprint density at radius 2 is 1.90 bits per heavy atom. The van der Waals surface area contributed by atoms with Gasteiger partial charge in [-0.2, -0.15) is 0 Å². The molecule has 0 unspecified atom stereocenters. The summed E-state index contributed by atoms with van der Waals surface area (Å²) in [5.41, 5.74) is 7.18. The second-order valence-electron chi connectivity index (χ2n) is 4.78. The number of nitrogens with two attached hydrogens (primary N) is 1. The molecule has 0 heterocycles. The van der Waals surface area contributed by atoms with E-state index in [1.165, 1.54) is 12.1 Å². The highest BCUT2D eigenvalue weighted by molar-refractivity contribution is 5.95. The van der Waals surface area contributed by atoms with Crippen LogP contribution in [0.5, 0.6) is 11.5 Å². The third-order valence-electron chi connectivity index (χ3n) is 3.20. The standard InChI is InChI=1S/C16H18N2O3/c1-18(10-11-3-6-13(21-2)7-4-11)16(20)12-5-8-14(17)15(19)9-12/h3-9,19H,10,17H2,1-2H3. The zero-order chi connectivity index (χ0) is 15.4. The number of phenols is 1. The number of phenolic OH excluding ortho intramolecular Hbond substituents is 1. The zero-order valence-corrected chi connectivity index (χ0v) is 12.0. The van der Waals surface area contributed by atoms with Crippen LogP contribution in [0.15, 0.2) is 42.5 Å². The van der Waals surface area contributed by atoms with Crippen molar-refractivity contribution in [2.75, 3.05) is 19.9 Å². The lowest BCUT2D eigenvalue weighted by Crippen LogP contribution is -2.26. The lowest BCUT2D eigenvalue weighted by atomic mass is 10.1. The molecule has 0 aliphatic carbocycles. The van der Waals surface area contributed by atoms with Crippen LogP contribution in [0.2, 0.25) is 0 Å². The predicted molar refractivity (Wildman–Crippen MR) is 81.3 cm³/mol. The smallest absolute Gasteiger partial charge is 0.254 e. The van der Waals surface area contributed by atoms with Crippen molar-refractivity contribution in [1.82, 2.24) is 4.90 Å². The van der Waals surface area contributed by atoms with E-state index in [-0.39, 0.29) is 17.3 Å². The van der Waals surface area contributed by atoms with E-state index in [2.05, 4.69) is 0 Å². The zero-order valence-electron chi connectivity index (χ0n) is 12.0. The van der Waals surface area contributed by atoms with Gasteiger partial charge in [-0.05, 0) is 35.9 Å². The van der Waals surface area contributed by atoms with Gasteiger partial charge in [-0.1, -0.05) is 12.1 Å². The molecule has 0 saturated heterocycles. The molecule has 0 aliphatic heterocycles. The Hall–Kier alpha value is -2.69. The molecular formula is C16H18N2O3. The number of hydrogen-bond donors (Lipinski definition) is 2. The number of benzene rings is 2. The van der Waals surface area contributed by atoms with Crippen molar-refractivity contribution in [3.63, 3.8) is 0 Å². The average molecular weight is 286 g/mol. The molecule has 2 rings (SSSR count). The van der Waals surface area contributed by atoms with Crippen LogP contribution >= 0.6 is 0 Å². The summed E-state index contributed by atoms with van der Waals surface area (Å²) in [4.78, 5) is 13.9. The number of ether oxygens (including phenoxy) is 1. The summed E-state index contributed by atoms with van der Waals surface area (Å²) in [6.07, 6.45) is 0. The monoisotopic (exact) mass is 286 g/mol. The van der Waals surface area contributed by atoms with E-state index in [9.17, 15) is 9.90 Å². The second-order valence-corrected chi connectivity index (χ2v) is 4.78. The maximum atomic E-state index is 12.3. The first-order valence-electron chi connectivity index (χ1n) is 6.48. The minimum atomic E-state index is -0.180. The summed E-state index contributed by atoms with van der Waals surface area (Å²) in [7, 11) is 3.32. The van der Waals surface area contributed by atoms with Crippen molar-refractivity contribution in [1.29, 1.82) is 0 Å². The molecule has 3 N–H and O–H groups in total. The highest BCUT2D eigenvalue weighted by Crippen LogP contribution is 2.22. The third kappa shape index (κ3) is 3.45. The van der Waals surface area contributed by atoms with Crippen molar-refractivity contribution in [2.45, 2.75) is 6.54 Å². The van der Waals surface area contributed by atoms with Crippen molar-refractivity contribution < 1.29 is 14.6 Å². The first kappa shape index (κ1) is 14.7. The molecule has 2 aromatic carbocycles. The van der Waals surface area contributed by atoms with Crippen molar-refractivity contribution >= 4 is 11.6 Å². The number of anilines is 1. The number of hydrogen-bond acceptors (Lipinski definition) is 4. The second kappa shape index (κ2) is 6.17. The largest absolute Gasteiger partial charge is 0.506 e. The van der Waals surface area contributed by atoms with Gasteiger partial charge in [0.15, 0.2) is 0 Å². The quantitative estimate of drug-likeness (QED) is 0.667. The average Bonchev–Trinajstić information content (AvgIpc) is 2.50. The highest BCUT2D eigenvalue weighted by Gasteiger charge is 2.13. The molecule has 0 spiro atoms. The summed E-state index contributed by atoms with van der Waals surface area (Å²) in [6.45, 7) is 0.466. The van der Waals surface area contributed by atoms with E-state index < -0.39 is 0 Å². The molecule has 5 heteroatoms. The lowest BCUT2D eigenvalue weighted by molar-refractivity contribution is 0.0784. The fourth-order valence-corrected chi connectivity index (χ4v) is 1.97. The molecule has 0 atom stereocenters. The summed E-state index contributed by atoms with van der Waals surface area (Å²) in [5, 5.41) is 9.57. The Kier molecular flexibility index (Phi) is 4.33. The van der Waals surface area contributed by atoms with Crippen LogP contribution in [0.4, 0.5) is 5.69 Å². The van der Waals surface area contributed by atoms with Crippen LogP contribution in [0.3, 0.4) is 0 Å². The van der Waals surface area contributed by atoms with Gasteiger partial charge in [-0.3, -0.25) is 4.79 Å². The van der Waals surface area contributed by atoms with E-state index >= 15 is 0 Å². The van der Waals surface area contributed by atoms with Gasteiger partial charge in [0.2, 0.25) is 0 Å². The summed E-state index contributed by atoms with van der Waals surface area (Å²) < 4.78 is 5.10. The number of nitrogen functional groups attached to an aromatic ring is 1. The Bertz CT molecular complexity index is 638. The van der Waals surface area contributed by atoms with Gasteiger partial charge in [0.05, 0.1) is 12.8 Å². The van der Waals surface area contributed by atoms with E-state index in [4.69, 9.17) is 10.5 Å². The number of aromatic hydroxyl groups is 1. The van der Waals surface area contributed by atoms with Crippen LogP contribution in [-0.4, -0.2) is 30.1 Å². The molecule has 0 saturated carbocycles. The minimum absolute atomic E-state index is 0.0845. The van der Waals surface area contributed by atoms with Crippen LogP contribution < -0.4 is 10.5 Å². The van der Waals surface area contributed by atoms with Gasteiger partial charge in [0.1, 0.15) is 11.5 Å². The minimum Gasteiger partial charge on any atom is -0.506 e. The molecular weight excluding hydrogens is 268 g/mol. The summed E-state index contributed by atoms with van der Waals surface area (Å²) in [6, 6.07) is 12.0. The number of carbonyl (C=O) groups excluding carboxylic acids is 1. The molecule has 5 nitrogen and oxygen atoms in total. The normalized spacial score (nSPS) is 10.2. The SMILES string of the molecule is COc1ccc(CN(C)C(=O)c2ccc(N)c(O)c2)cc1. The van der Waals surface area contributed by atoms with Gasteiger partial charge in [0, 0.05) is 19.2 Å². The molecule has 1 amide bonds. The van der Waals surface area contributed by atoms with Crippen molar-refractivity contribution in [2.24, 2.45) is 0 Å². The van der Waals surface area contributed by atoms with Crippen LogP contribution in [0.25, 0.3) is 0 Å². The fraction of sp³-hybridized carbons (Fsp3) is 0.188. The number of carbonyl (C=O) groups is 1. The van der Waals surface area contributed by atoms with Crippen LogP contribution in [0, 0.1) is 0 Å². The van der Waals surface area contributed by atoms with E-state index in [0.29, 0.717) is 12.1 Å². The predicted octanol–water partition coefficient (Wildman–Crippen LogP) is 2.26. The molecule has 110 valence electrons. The number of methoxy groups -OCH3 is 1. The first-order valence-corrected chi connectivity index (χ1v) is 6.48. The first-order chi connectivity index (χ1) is 10.0. The van der Waals surface area contributed by atoms with E-state index in [0.717, 1.165) is 11.3 Å². The molecule has 0 fully saturated rings. The van der Waals surface area contributed by atoms with Gasteiger partial charge in [-0.15, -0.1) is 0 Å². The lowest BCUT2D eigenvalue weighted by Gasteiger charge is -2.18. The van der Waals surface area contributed by atoms with Gasteiger partial charge < -0.3 is 20.5 Å². The molecule has 0 bridgehead atoms. The molecule has 0 radical (unpaired) electrons. The fourth-order valence-electron chi connectivity index (χ4n) is 1.97. The molecule has 0 aliphatic rings. The Labute approximate surface area is 123 Å². The highest BCUT2D eigenvalue weighted by atomic mass is 16.5. The van der Waals surface area contributed by atoms with E-state index in [1.54, 1.807) is 25.1 Å². The Balaban J connectivity index is 2.09. The maximum Gasteiger partial charge on any atom is 0.254 e. The van der Waals surface area contributed by atoms with Gasteiger partial charge >= 0.3 is 0 Å². The van der Waals surface area contributed by atoms with E-state index in [1.807, 2.05) is 24.3 Å². The number of rotatable bonds is 4.